The van der Waals surface area contributed by atoms with Crippen LogP contribution in [0.15, 0.2) is 0 Å². The lowest BCUT2D eigenvalue weighted by atomic mass is 9.97. The normalized spacial score (nSPS) is 34.9. The number of piperidine rings is 1. The van der Waals surface area contributed by atoms with E-state index in [-0.39, 0.29) is 0 Å². The average molecular weight is 254 g/mol. The molecular weight excluding hydrogens is 228 g/mol. The summed E-state index contributed by atoms with van der Waals surface area (Å²) < 4.78 is 0. The molecule has 2 aliphatic rings. The lowest BCUT2D eigenvalue weighted by Crippen LogP contribution is -2.46. The molecule has 0 aromatic carbocycles. The van der Waals surface area contributed by atoms with Crippen LogP contribution in [-0.4, -0.2) is 59.6 Å². The second-order valence-corrected chi connectivity index (χ2v) is 6.09. The predicted molar refractivity (Wildman–Crippen MR) is 71.7 cm³/mol. The molecule has 2 rings (SSSR count). The monoisotopic (exact) mass is 254 g/mol. The Morgan fingerprint density at radius 2 is 2.11 bits per heavy atom. The van der Waals surface area contributed by atoms with Crippen LogP contribution >= 0.6 is 0 Å². The van der Waals surface area contributed by atoms with Gasteiger partial charge in [-0.1, -0.05) is 0 Å². The third kappa shape index (κ3) is 3.45. The molecule has 2 heterocycles. The quantitative estimate of drug-likeness (QED) is 0.828. The predicted octanol–water partition coefficient (Wildman–Crippen LogP) is 1.66. The maximum Gasteiger partial charge on any atom is 0.303 e. The van der Waals surface area contributed by atoms with Gasteiger partial charge in [-0.05, 0) is 58.7 Å². The van der Waals surface area contributed by atoms with Crippen molar-refractivity contribution in [2.24, 2.45) is 5.92 Å². The second-order valence-electron chi connectivity index (χ2n) is 6.09. The average Bonchev–Trinajstić information content (AvgIpc) is 2.79. The topological polar surface area (TPSA) is 43.8 Å². The van der Waals surface area contributed by atoms with Crippen LogP contribution < -0.4 is 0 Å². The van der Waals surface area contributed by atoms with Gasteiger partial charge in [-0.15, -0.1) is 0 Å². The minimum absolute atomic E-state index is 0.336. The maximum atomic E-state index is 10.6. The fourth-order valence-electron chi connectivity index (χ4n) is 3.35. The van der Waals surface area contributed by atoms with Gasteiger partial charge in [0.2, 0.25) is 0 Å². The fraction of sp³-hybridized carbons (Fsp3) is 0.929. The molecule has 4 nitrogen and oxygen atoms in total. The van der Waals surface area contributed by atoms with E-state index in [2.05, 4.69) is 23.8 Å². The van der Waals surface area contributed by atoms with Crippen LogP contribution in [0, 0.1) is 5.92 Å². The molecule has 2 fully saturated rings. The van der Waals surface area contributed by atoms with E-state index in [9.17, 15) is 4.79 Å². The highest BCUT2D eigenvalue weighted by atomic mass is 16.4. The maximum absolute atomic E-state index is 10.6. The van der Waals surface area contributed by atoms with E-state index < -0.39 is 5.97 Å². The smallest absolute Gasteiger partial charge is 0.303 e. The Balaban J connectivity index is 1.76. The number of aliphatic carboxylic acids is 1. The molecule has 0 radical (unpaired) electrons. The Bertz CT molecular complexity index is 296. The summed E-state index contributed by atoms with van der Waals surface area (Å²) in [5.41, 5.74) is 0. The zero-order chi connectivity index (χ0) is 13.1. The molecule has 3 unspecified atom stereocenters. The summed E-state index contributed by atoms with van der Waals surface area (Å²) in [6.45, 7) is 5.80. The van der Waals surface area contributed by atoms with Crippen molar-refractivity contribution in [3.05, 3.63) is 0 Å². The van der Waals surface area contributed by atoms with E-state index in [0.717, 1.165) is 19.0 Å². The number of nitrogens with zero attached hydrogens (tertiary/aromatic N) is 2. The van der Waals surface area contributed by atoms with Crippen molar-refractivity contribution in [3.8, 4) is 0 Å². The highest BCUT2D eigenvalue weighted by Crippen LogP contribution is 2.28. The van der Waals surface area contributed by atoms with Gasteiger partial charge in [0, 0.05) is 25.0 Å². The first kappa shape index (κ1) is 13.8. The molecule has 0 aliphatic carbocycles. The molecule has 0 aromatic rings. The summed E-state index contributed by atoms with van der Waals surface area (Å²) in [6.07, 6.45) is 4.92. The Morgan fingerprint density at radius 3 is 2.78 bits per heavy atom. The second kappa shape index (κ2) is 6.02. The number of rotatable bonds is 4. The number of hydrogen-bond donors (Lipinski definition) is 1. The zero-order valence-corrected chi connectivity index (χ0v) is 11.6. The third-order valence-electron chi connectivity index (χ3n) is 4.78. The van der Waals surface area contributed by atoms with Crippen molar-refractivity contribution in [1.29, 1.82) is 0 Å². The summed E-state index contributed by atoms with van der Waals surface area (Å²) in [6, 6.07) is 1.41. The molecule has 18 heavy (non-hydrogen) atoms. The molecule has 4 heteroatoms. The largest absolute Gasteiger partial charge is 0.481 e. The first-order valence-corrected chi connectivity index (χ1v) is 7.22. The summed E-state index contributed by atoms with van der Waals surface area (Å²) in [7, 11) is 2.21. The Labute approximate surface area is 110 Å². The summed E-state index contributed by atoms with van der Waals surface area (Å²) in [5.74, 6) is -0.0441. The van der Waals surface area contributed by atoms with E-state index >= 15 is 0 Å². The SMILES string of the molecule is CC1CC(N2CCC(CCC(=O)O)C2)CCN1C. The van der Waals surface area contributed by atoms with Crippen LogP contribution in [0.2, 0.25) is 0 Å². The van der Waals surface area contributed by atoms with Crippen molar-refractivity contribution in [2.75, 3.05) is 26.7 Å². The minimum atomic E-state index is -0.652. The summed E-state index contributed by atoms with van der Waals surface area (Å²) in [5, 5.41) is 8.73. The van der Waals surface area contributed by atoms with Gasteiger partial charge < -0.3 is 10.0 Å². The lowest BCUT2D eigenvalue weighted by Gasteiger charge is -2.39. The number of carboxylic acids is 1. The lowest BCUT2D eigenvalue weighted by molar-refractivity contribution is -0.137. The van der Waals surface area contributed by atoms with Crippen LogP contribution in [0.5, 0.6) is 0 Å². The fourth-order valence-corrected chi connectivity index (χ4v) is 3.35. The highest BCUT2D eigenvalue weighted by molar-refractivity contribution is 5.66. The van der Waals surface area contributed by atoms with Gasteiger partial charge in [-0.3, -0.25) is 9.69 Å². The molecule has 104 valence electrons. The summed E-state index contributed by atoms with van der Waals surface area (Å²) in [4.78, 5) is 15.6. The molecule has 2 saturated heterocycles. The van der Waals surface area contributed by atoms with E-state index in [1.165, 1.54) is 32.4 Å². The van der Waals surface area contributed by atoms with Crippen molar-refractivity contribution in [3.63, 3.8) is 0 Å². The van der Waals surface area contributed by atoms with Crippen LogP contribution in [0.4, 0.5) is 0 Å². The number of carbonyl (C=O) groups is 1. The number of hydrogen-bond acceptors (Lipinski definition) is 3. The van der Waals surface area contributed by atoms with Gasteiger partial charge in [-0.25, -0.2) is 0 Å². The number of carboxylic acid groups (broad SMARTS) is 1. The van der Waals surface area contributed by atoms with Gasteiger partial charge in [0.1, 0.15) is 0 Å². The van der Waals surface area contributed by atoms with Crippen molar-refractivity contribution in [1.82, 2.24) is 9.80 Å². The van der Waals surface area contributed by atoms with Crippen LogP contribution in [0.3, 0.4) is 0 Å². The van der Waals surface area contributed by atoms with Gasteiger partial charge in [-0.2, -0.15) is 0 Å². The molecular formula is C14H26N2O2. The van der Waals surface area contributed by atoms with Crippen molar-refractivity contribution in [2.45, 2.75) is 51.1 Å². The Hall–Kier alpha value is -0.610. The van der Waals surface area contributed by atoms with E-state index in [1.54, 1.807) is 0 Å². The van der Waals surface area contributed by atoms with Gasteiger partial charge in [0.05, 0.1) is 0 Å². The van der Waals surface area contributed by atoms with Crippen molar-refractivity contribution >= 4 is 5.97 Å². The molecule has 0 aromatic heterocycles. The molecule has 2 aliphatic heterocycles. The Morgan fingerprint density at radius 1 is 1.33 bits per heavy atom. The molecule has 0 bridgehead atoms. The molecule has 0 amide bonds. The standard InChI is InChI=1S/C14H26N2O2/c1-11-9-13(6-7-15(11)2)16-8-5-12(10-16)3-4-14(17)18/h11-13H,3-10H2,1-2H3,(H,17,18). The first-order valence-electron chi connectivity index (χ1n) is 7.22. The Kier molecular flexibility index (Phi) is 4.62. The first-order chi connectivity index (χ1) is 8.56. The molecule has 3 atom stereocenters. The zero-order valence-electron chi connectivity index (χ0n) is 11.6. The third-order valence-corrected chi connectivity index (χ3v) is 4.78. The molecule has 0 spiro atoms. The highest BCUT2D eigenvalue weighted by Gasteiger charge is 2.32. The molecule has 1 N–H and O–H groups in total. The van der Waals surface area contributed by atoms with Crippen molar-refractivity contribution < 1.29 is 9.90 Å². The summed E-state index contributed by atoms with van der Waals surface area (Å²) >= 11 is 0. The van der Waals surface area contributed by atoms with Gasteiger partial charge >= 0.3 is 5.97 Å². The van der Waals surface area contributed by atoms with Gasteiger partial charge in [0.25, 0.3) is 0 Å². The van der Waals surface area contributed by atoms with Crippen LogP contribution in [0.25, 0.3) is 0 Å². The van der Waals surface area contributed by atoms with Gasteiger partial charge in [0.15, 0.2) is 0 Å². The van der Waals surface area contributed by atoms with E-state index in [0.29, 0.717) is 18.4 Å². The van der Waals surface area contributed by atoms with E-state index in [4.69, 9.17) is 5.11 Å². The minimum Gasteiger partial charge on any atom is -0.481 e. The van der Waals surface area contributed by atoms with Crippen LogP contribution in [0.1, 0.15) is 39.0 Å². The van der Waals surface area contributed by atoms with E-state index in [1.807, 2.05) is 0 Å². The van der Waals surface area contributed by atoms with Crippen LogP contribution in [-0.2, 0) is 4.79 Å². The molecule has 0 saturated carbocycles. The number of likely N-dealkylation sites (tertiary alicyclic amines) is 2.